The van der Waals surface area contributed by atoms with Gasteiger partial charge in [-0.15, -0.1) is 0 Å². The minimum Gasteiger partial charge on any atom is -0.198 e. The molecule has 0 bridgehead atoms. The molecule has 0 saturated carbocycles. The molecule has 0 aliphatic rings. The first kappa shape index (κ1) is 10.1. The minimum atomic E-state index is 0.442. The molecule has 0 heterocycles. The van der Waals surface area contributed by atoms with Gasteiger partial charge in [-0.1, -0.05) is 30.7 Å². The summed E-state index contributed by atoms with van der Waals surface area (Å²) < 4.78 is 0. The first-order valence-electron chi connectivity index (χ1n) is 4.36. The second kappa shape index (κ2) is 4.89. The summed E-state index contributed by atoms with van der Waals surface area (Å²) in [5.74, 6) is 0.442. The Morgan fingerprint density at radius 3 is 2.54 bits per heavy atom. The van der Waals surface area contributed by atoms with E-state index >= 15 is 0 Å². The number of nitrogens with zero attached hydrogens (tertiary/aromatic N) is 1. The summed E-state index contributed by atoms with van der Waals surface area (Å²) >= 11 is 5.77. The molecule has 68 valence electrons. The summed E-state index contributed by atoms with van der Waals surface area (Å²) in [6.07, 6.45) is 1.53. The maximum Gasteiger partial charge on any atom is 0.0621 e. The van der Waals surface area contributed by atoms with E-state index in [1.807, 2.05) is 24.3 Å². The molecular formula is C11H12ClN. The summed E-state index contributed by atoms with van der Waals surface area (Å²) in [5, 5.41) is 9.20. The van der Waals surface area contributed by atoms with Gasteiger partial charge in [0.15, 0.2) is 0 Å². The second-order valence-corrected chi connectivity index (χ2v) is 3.59. The molecule has 0 aromatic heterocycles. The van der Waals surface area contributed by atoms with E-state index in [2.05, 4.69) is 13.0 Å². The second-order valence-electron chi connectivity index (χ2n) is 3.15. The minimum absolute atomic E-state index is 0.442. The van der Waals surface area contributed by atoms with Crippen molar-refractivity contribution in [3.63, 3.8) is 0 Å². The Labute approximate surface area is 84.0 Å². The van der Waals surface area contributed by atoms with Crippen molar-refractivity contribution in [2.24, 2.45) is 0 Å². The number of halogens is 1. The molecule has 0 amide bonds. The lowest BCUT2D eigenvalue weighted by atomic mass is 9.97. The van der Waals surface area contributed by atoms with Crippen molar-refractivity contribution in [3.8, 4) is 6.07 Å². The molecule has 0 radical (unpaired) electrons. The Balaban J connectivity index is 2.62. The quantitative estimate of drug-likeness (QED) is 0.718. The molecule has 0 N–H and O–H groups in total. The van der Waals surface area contributed by atoms with Crippen LogP contribution in [0.5, 0.6) is 0 Å². The molecular weight excluding hydrogens is 182 g/mol. The fourth-order valence-corrected chi connectivity index (χ4v) is 1.37. The van der Waals surface area contributed by atoms with E-state index in [0.29, 0.717) is 12.3 Å². The predicted octanol–water partition coefficient (Wildman–Crippen LogP) is 3.75. The van der Waals surface area contributed by atoms with Crippen molar-refractivity contribution in [1.82, 2.24) is 0 Å². The molecule has 13 heavy (non-hydrogen) atoms. The smallest absolute Gasteiger partial charge is 0.0621 e. The van der Waals surface area contributed by atoms with Gasteiger partial charge in [-0.25, -0.2) is 0 Å². The maximum absolute atomic E-state index is 8.44. The molecule has 1 aromatic rings. The van der Waals surface area contributed by atoms with E-state index in [1.165, 1.54) is 5.56 Å². The molecule has 0 aliphatic carbocycles. The van der Waals surface area contributed by atoms with Crippen LogP contribution in [0.4, 0.5) is 0 Å². The van der Waals surface area contributed by atoms with Gasteiger partial charge in [0.25, 0.3) is 0 Å². The number of hydrogen-bond acceptors (Lipinski definition) is 1. The van der Waals surface area contributed by atoms with E-state index in [1.54, 1.807) is 0 Å². The average molecular weight is 194 g/mol. The fraction of sp³-hybridized carbons (Fsp3) is 0.364. The summed E-state index contributed by atoms with van der Waals surface area (Å²) in [6.45, 7) is 2.13. The van der Waals surface area contributed by atoms with Crippen molar-refractivity contribution in [1.29, 1.82) is 5.26 Å². The van der Waals surface area contributed by atoms with E-state index in [-0.39, 0.29) is 0 Å². The normalized spacial score (nSPS) is 12.1. The Bertz CT molecular complexity index is 297. The summed E-state index contributed by atoms with van der Waals surface area (Å²) in [7, 11) is 0. The number of rotatable bonds is 3. The van der Waals surface area contributed by atoms with Crippen LogP contribution >= 0.6 is 11.6 Å². The van der Waals surface area contributed by atoms with Crippen LogP contribution in [-0.4, -0.2) is 0 Å². The third kappa shape index (κ3) is 3.08. The topological polar surface area (TPSA) is 23.8 Å². The highest BCUT2D eigenvalue weighted by Gasteiger charge is 2.03. The molecule has 0 fully saturated rings. The highest BCUT2D eigenvalue weighted by Crippen LogP contribution is 2.21. The SMILES string of the molecule is CC(CCC#N)c1ccc(Cl)cc1. The van der Waals surface area contributed by atoms with Crippen molar-refractivity contribution in [2.75, 3.05) is 0 Å². The van der Waals surface area contributed by atoms with Crippen LogP contribution in [0.25, 0.3) is 0 Å². The van der Waals surface area contributed by atoms with E-state index in [9.17, 15) is 0 Å². The lowest BCUT2D eigenvalue weighted by molar-refractivity contribution is 0.695. The molecule has 0 saturated heterocycles. The number of nitriles is 1. The molecule has 2 heteroatoms. The van der Waals surface area contributed by atoms with Crippen LogP contribution in [0.2, 0.25) is 5.02 Å². The zero-order valence-electron chi connectivity index (χ0n) is 7.63. The molecule has 0 spiro atoms. The molecule has 1 rings (SSSR count). The van der Waals surface area contributed by atoms with Gasteiger partial charge in [-0.3, -0.25) is 0 Å². The third-order valence-electron chi connectivity index (χ3n) is 2.13. The third-order valence-corrected chi connectivity index (χ3v) is 2.38. The summed E-state index contributed by atoms with van der Waals surface area (Å²) in [5.41, 5.74) is 1.25. The number of benzene rings is 1. The van der Waals surface area contributed by atoms with Gasteiger partial charge in [-0.05, 0) is 30.0 Å². The standard InChI is InChI=1S/C11H12ClN/c1-9(3-2-8-13)10-4-6-11(12)7-5-10/h4-7,9H,2-3H2,1H3. The van der Waals surface area contributed by atoms with Gasteiger partial charge in [0.1, 0.15) is 0 Å². The maximum atomic E-state index is 8.44. The average Bonchev–Trinajstić information content (AvgIpc) is 2.15. The van der Waals surface area contributed by atoms with Crippen LogP contribution in [-0.2, 0) is 0 Å². The zero-order valence-corrected chi connectivity index (χ0v) is 8.38. The Hall–Kier alpha value is -1.00. The number of hydrogen-bond donors (Lipinski definition) is 0. The lowest BCUT2D eigenvalue weighted by Gasteiger charge is -2.08. The van der Waals surface area contributed by atoms with Gasteiger partial charge < -0.3 is 0 Å². The van der Waals surface area contributed by atoms with Crippen LogP contribution < -0.4 is 0 Å². The first-order chi connectivity index (χ1) is 6.24. The largest absolute Gasteiger partial charge is 0.198 e. The highest BCUT2D eigenvalue weighted by atomic mass is 35.5. The lowest BCUT2D eigenvalue weighted by Crippen LogP contribution is -1.92. The molecule has 1 unspecified atom stereocenters. The van der Waals surface area contributed by atoms with Gasteiger partial charge >= 0.3 is 0 Å². The van der Waals surface area contributed by atoms with Crippen LogP contribution in [0.15, 0.2) is 24.3 Å². The predicted molar refractivity (Wildman–Crippen MR) is 54.7 cm³/mol. The van der Waals surface area contributed by atoms with Crippen LogP contribution in [0, 0.1) is 11.3 Å². The first-order valence-corrected chi connectivity index (χ1v) is 4.74. The zero-order chi connectivity index (χ0) is 9.68. The van der Waals surface area contributed by atoms with Gasteiger partial charge in [0.2, 0.25) is 0 Å². The van der Waals surface area contributed by atoms with Gasteiger partial charge in [0.05, 0.1) is 6.07 Å². The van der Waals surface area contributed by atoms with E-state index in [4.69, 9.17) is 16.9 Å². The van der Waals surface area contributed by atoms with Gasteiger partial charge in [-0.2, -0.15) is 5.26 Å². The van der Waals surface area contributed by atoms with Crippen molar-refractivity contribution < 1.29 is 0 Å². The molecule has 1 nitrogen and oxygen atoms in total. The molecule has 1 atom stereocenters. The van der Waals surface area contributed by atoms with Crippen molar-refractivity contribution in [3.05, 3.63) is 34.9 Å². The highest BCUT2D eigenvalue weighted by molar-refractivity contribution is 6.30. The Morgan fingerprint density at radius 1 is 1.38 bits per heavy atom. The van der Waals surface area contributed by atoms with Crippen LogP contribution in [0.1, 0.15) is 31.2 Å². The van der Waals surface area contributed by atoms with E-state index in [0.717, 1.165) is 11.4 Å². The van der Waals surface area contributed by atoms with Crippen molar-refractivity contribution >= 4 is 11.6 Å². The van der Waals surface area contributed by atoms with E-state index < -0.39 is 0 Å². The Kier molecular flexibility index (Phi) is 3.79. The fourth-order valence-electron chi connectivity index (χ4n) is 1.24. The molecule has 0 aliphatic heterocycles. The van der Waals surface area contributed by atoms with Gasteiger partial charge in [0, 0.05) is 11.4 Å². The molecule has 1 aromatic carbocycles. The summed E-state index contributed by atoms with van der Waals surface area (Å²) in [4.78, 5) is 0. The monoisotopic (exact) mass is 193 g/mol. The Morgan fingerprint density at radius 2 is 2.00 bits per heavy atom. The van der Waals surface area contributed by atoms with Crippen molar-refractivity contribution in [2.45, 2.75) is 25.7 Å². The summed E-state index contributed by atoms with van der Waals surface area (Å²) in [6, 6.07) is 9.97. The van der Waals surface area contributed by atoms with Crippen LogP contribution in [0.3, 0.4) is 0 Å².